The summed E-state index contributed by atoms with van der Waals surface area (Å²) in [6.07, 6.45) is 1.58. The molecule has 0 saturated carbocycles. The first-order chi connectivity index (χ1) is 11.5. The Bertz CT molecular complexity index is 842. The number of phenols is 1. The van der Waals surface area contributed by atoms with Gasteiger partial charge in [-0.25, -0.2) is 0 Å². The number of methoxy groups -OCH3 is 1. The number of carbonyl (C=O) groups excluding carboxylic acids is 1. The number of Topliss-reactive ketones (excluding diaryl/α,β-unsaturated/α-hetero) is 1. The van der Waals surface area contributed by atoms with Crippen molar-refractivity contribution in [3.63, 3.8) is 0 Å². The Labute approximate surface area is 144 Å². The SMILES string of the molecule is CCOc1cc(/C=C2/Oc3cc(O)ccc3C2=O)cc(Cl)c1OC. The first kappa shape index (κ1) is 16.2. The number of hydrogen-bond donors (Lipinski definition) is 1. The zero-order valence-electron chi connectivity index (χ0n) is 13.1. The van der Waals surface area contributed by atoms with Crippen molar-refractivity contribution >= 4 is 23.5 Å². The molecule has 6 heteroatoms. The standard InChI is InChI=1S/C18H15ClO5/c1-3-23-16-8-10(6-13(19)18(16)22-2)7-15-17(21)12-5-4-11(20)9-14(12)24-15/h4-9,20H,3H2,1-2H3/b15-7+. The molecule has 2 aromatic rings. The number of carbonyl (C=O) groups is 1. The van der Waals surface area contributed by atoms with Gasteiger partial charge in [0.05, 0.1) is 24.3 Å². The fraction of sp³-hybridized carbons (Fsp3) is 0.167. The lowest BCUT2D eigenvalue weighted by atomic mass is 10.1. The summed E-state index contributed by atoms with van der Waals surface area (Å²) < 4.78 is 16.3. The number of aromatic hydroxyl groups is 1. The predicted octanol–water partition coefficient (Wildman–Crippen LogP) is 4.07. The molecule has 0 unspecified atom stereocenters. The number of ketones is 1. The summed E-state index contributed by atoms with van der Waals surface area (Å²) >= 11 is 6.21. The number of fused-ring (bicyclic) bond motifs is 1. The van der Waals surface area contributed by atoms with E-state index in [1.165, 1.54) is 25.3 Å². The van der Waals surface area contributed by atoms with E-state index in [4.69, 9.17) is 25.8 Å². The van der Waals surface area contributed by atoms with Gasteiger partial charge in [0, 0.05) is 6.07 Å². The van der Waals surface area contributed by atoms with Crippen molar-refractivity contribution in [2.45, 2.75) is 6.92 Å². The molecule has 0 spiro atoms. The second-order valence-electron chi connectivity index (χ2n) is 5.09. The summed E-state index contributed by atoms with van der Waals surface area (Å²) in [6, 6.07) is 7.76. The zero-order chi connectivity index (χ0) is 17.3. The number of hydrogen-bond acceptors (Lipinski definition) is 5. The zero-order valence-corrected chi connectivity index (χ0v) is 13.9. The lowest BCUT2D eigenvalue weighted by Crippen LogP contribution is -1.99. The molecule has 1 aliphatic rings. The highest BCUT2D eigenvalue weighted by atomic mass is 35.5. The molecule has 0 aliphatic carbocycles. The summed E-state index contributed by atoms with van der Waals surface area (Å²) in [5.41, 5.74) is 1.05. The van der Waals surface area contributed by atoms with Crippen molar-refractivity contribution in [1.29, 1.82) is 0 Å². The van der Waals surface area contributed by atoms with Crippen LogP contribution < -0.4 is 14.2 Å². The van der Waals surface area contributed by atoms with Gasteiger partial charge in [-0.15, -0.1) is 0 Å². The molecule has 0 radical (unpaired) electrons. The van der Waals surface area contributed by atoms with Crippen LogP contribution in [-0.2, 0) is 0 Å². The number of phenolic OH excluding ortho intramolecular Hbond substituents is 1. The molecular formula is C18H15ClO5. The van der Waals surface area contributed by atoms with Crippen molar-refractivity contribution in [1.82, 2.24) is 0 Å². The van der Waals surface area contributed by atoms with Crippen LogP contribution in [0.4, 0.5) is 0 Å². The van der Waals surface area contributed by atoms with E-state index in [9.17, 15) is 9.90 Å². The summed E-state index contributed by atoms with van der Waals surface area (Å²) in [5, 5.41) is 9.86. The molecule has 0 amide bonds. The maximum atomic E-state index is 12.4. The lowest BCUT2D eigenvalue weighted by Gasteiger charge is -2.12. The Kier molecular flexibility index (Phi) is 4.36. The average Bonchev–Trinajstić information content (AvgIpc) is 2.83. The van der Waals surface area contributed by atoms with Crippen LogP contribution in [0.15, 0.2) is 36.1 Å². The van der Waals surface area contributed by atoms with Crippen LogP contribution in [0.25, 0.3) is 6.08 Å². The molecule has 2 aromatic carbocycles. The van der Waals surface area contributed by atoms with Crippen LogP contribution >= 0.6 is 11.6 Å². The molecule has 124 valence electrons. The summed E-state index contributed by atoms with van der Waals surface area (Å²) in [7, 11) is 1.51. The second-order valence-corrected chi connectivity index (χ2v) is 5.49. The number of rotatable bonds is 4. The van der Waals surface area contributed by atoms with Gasteiger partial charge in [-0.1, -0.05) is 11.6 Å². The minimum atomic E-state index is -0.255. The highest BCUT2D eigenvalue weighted by Gasteiger charge is 2.27. The third-order valence-electron chi connectivity index (χ3n) is 3.49. The van der Waals surface area contributed by atoms with E-state index in [0.717, 1.165) is 0 Å². The van der Waals surface area contributed by atoms with Crippen LogP contribution in [0.2, 0.25) is 5.02 Å². The number of halogens is 1. The largest absolute Gasteiger partial charge is 0.508 e. The van der Waals surface area contributed by atoms with Crippen LogP contribution in [0.1, 0.15) is 22.8 Å². The van der Waals surface area contributed by atoms with Crippen molar-refractivity contribution in [3.8, 4) is 23.0 Å². The van der Waals surface area contributed by atoms with E-state index >= 15 is 0 Å². The van der Waals surface area contributed by atoms with Gasteiger partial charge in [0.1, 0.15) is 11.5 Å². The summed E-state index contributed by atoms with van der Waals surface area (Å²) in [4.78, 5) is 12.4. The van der Waals surface area contributed by atoms with Gasteiger partial charge in [0.25, 0.3) is 0 Å². The van der Waals surface area contributed by atoms with Crippen LogP contribution in [-0.4, -0.2) is 24.6 Å². The quantitative estimate of drug-likeness (QED) is 0.845. The van der Waals surface area contributed by atoms with Crippen LogP contribution in [0, 0.1) is 0 Å². The molecule has 0 aromatic heterocycles. The highest BCUT2D eigenvalue weighted by Crippen LogP contribution is 2.38. The molecule has 0 bridgehead atoms. The molecule has 1 aliphatic heterocycles. The third-order valence-corrected chi connectivity index (χ3v) is 3.77. The van der Waals surface area contributed by atoms with E-state index in [2.05, 4.69) is 0 Å². The van der Waals surface area contributed by atoms with E-state index in [1.807, 2.05) is 6.92 Å². The van der Waals surface area contributed by atoms with Gasteiger partial charge < -0.3 is 19.3 Å². The van der Waals surface area contributed by atoms with E-state index < -0.39 is 0 Å². The fourth-order valence-corrected chi connectivity index (χ4v) is 2.76. The monoisotopic (exact) mass is 346 g/mol. The van der Waals surface area contributed by atoms with Crippen LogP contribution in [0.5, 0.6) is 23.0 Å². The summed E-state index contributed by atoms with van der Waals surface area (Å²) in [6.45, 7) is 2.30. The molecule has 0 saturated heterocycles. The molecule has 1 heterocycles. The van der Waals surface area contributed by atoms with Crippen molar-refractivity contribution in [2.75, 3.05) is 13.7 Å². The second kappa shape index (κ2) is 6.45. The van der Waals surface area contributed by atoms with E-state index in [-0.39, 0.29) is 17.3 Å². The number of allylic oxidation sites excluding steroid dienone is 1. The highest BCUT2D eigenvalue weighted by molar-refractivity contribution is 6.32. The Hall–Kier alpha value is -2.66. The minimum Gasteiger partial charge on any atom is -0.508 e. The summed E-state index contributed by atoms with van der Waals surface area (Å²) in [5.74, 6) is 1.19. The van der Waals surface area contributed by atoms with Gasteiger partial charge >= 0.3 is 0 Å². The maximum Gasteiger partial charge on any atom is 0.231 e. The van der Waals surface area contributed by atoms with Crippen molar-refractivity contribution in [3.05, 3.63) is 52.2 Å². The van der Waals surface area contributed by atoms with E-state index in [0.29, 0.717) is 40.0 Å². The molecular weight excluding hydrogens is 332 g/mol. The van der Waals surface area contributed by atoms with Crippen LogP contribution in [0.3, 0.4) is 0 Å². The molecule has 0 fully saturated rings. The van der Waals surface area contributed by atoms with Gasteiger partial charge in [-0.05, 0) is 42.8 Å². The minimum absolute atomic E-state index is 0.0360. The first-order valence-electron chi connectivity index (χ1n) is 7.31. The molecule has 5 nitrogen and oxygen atoms in total. The van der Waals surface area contributed by atoms with Crippen molar-refractivity contribution in [2.24, 2.45) is 0 Å². The third kappa shape index (κ3) is 2.90. The lowest BCUT2D eigenvalue weighted by molar-refractivity contribution is 0.101. The Balaban J connectivity index is 1.99. The van der Waals surface area contributed by atoms with Gasteiger partial charge in [0.2, 0.25) is 5.78 Å². The predicted molar refractivity (Wildman–Crippen MR) is 90.2 cm³/mol. The average molecular weight is 347 g/mol. The van der Waals surface area contributed by atoms with E-state index in [1.54, 1.807) is 18.2 Å². The number of ether oxygens (including phenoxy) is 3. The fourth-order valence-electron chi connectivity index (χ4n) is 2.46. The topological polar surface area (TPSA) is 65.0 Å². The Morgan fingerprint density at radius 3 is 2.79 bits per heavy atom. The molecule has 1 N–H and O–H groups in total. The molecule has 0 atom stereocenters. The Morgan fingerprint density at radius 2 is 2.08 bits per heavy atom. The molecule has 3 rings (SSSR count). The Morgan fingerprint density at radius 1 is 1.29 bits per heavy atom. The normalized spacial score (nSPS) is 14.5. The maximum absolute atomic E-state index is 12.4. The smallest absolute Gasteiger partial charge is 0.231 e. The van der Waals surface area contributed by atoms with Gasteiger partial charge in [-0.2, -0.15) is 0 Å². The number of benzene rings is 2. The molecule has 24 heavy (non-hydrogen) atoms. The van der Waals surface area contributed by atoms with Gasteiger partial charge in [0.15, 0.2) is 17.3 Å². The van der Waals surface area contributed by atoms with Crippen molar-refractivity contribution < 1.29 is 24.1 Å². The first-order valence-corrected chi connectivity index (χ1v) is 7.69. The van der Waals surface area contributed by atoms with Gasteiger partial charge in [-0.3, -0.25) is 4.79 Å².